The first-order valence-electron chi connectivity index (χ1n) is 22.1. The first kappa shape index (κ1) is 40.6. The number of likely N-dealkylation sites (tertiary alicyclic amines) is 1. The van der Waals surface area contributed by atoms with Gasteiger partial charge in [0.05, 0.1) is 29.1 Å². The van der Waals surface area contributed by atoms with E-state index in [4.69, 9.17) is 11.6 Å². The van der Waals surface area contributed by atoms with Gasteiger partial charge in [-0.2, -0.15) is 0 Å². The van der Waals surface area contributed by atoms with Crippen molar-refractivity contribution in [2.75, 3.05) is 60.9 Å². The van der Waals surface area contributed by atoms with Crippen LogP contribution < -0.4 is 25.8 Å². The van der Waals surface area contributed by atoms with Gasteiger partial charge >= 0.3 is 0 Å². The summed E-state index contributed by atoms with van der Waals surface area (Å²) in [7, 11) is 0. The van der Waals surface area contributed by atoms with Gasteiger partial charge in [0.25, 0.3) is 11.8 Å². The quantitative estimate of drug-likeness (QED) is 0.268. The third-order valence-electron chi connectivity index (χ3n) is 14.2. The Bertz CT molecular complexity index is 2330. The van der Waals surface area contributed by atoms with Gasteiger partial charge in [-0.1, -0.05) is 30.7 Å². The number of carbonyl (C=O) groups is 6. The number of piperidine rings is 3. The molecule has 0 spiro atoms. The van der Waals surface area contributed by atoms with E-state index >= 15 is 0 Å². The van der Waals surface area contributed by atoms with E-state index in [0.29, 0.717) is 54.1 Å². The second kappa shape index (κ2) is 16.3. The second-order valence-electron chi connectivity index (χ2n) is 17.9. The summed E-state index contributed by atoms with van der Waals surface area (Å²) in [6.07, 6.45) is 6.93. The maximum Gasteiger partial charge on any atom is 0.262 e. The molecule has 17 heteroatoms. The maximum absolute atomic E-state index is 14.5. The van der Waals surface area contributed by atoms with Crippen LogP contribution in [0.1, 0.15) is 102 Å². The summed E-state index contributed by atoms with van der Waals surface area (Å²) >= 11 is 6.30. The Kier molecular flexibility index (Phi) is 10.7. The number of nitrogens with one attached hydrogen (secondary N) is 3. The molecule has 0 bridgehead atoms. The molecule has 5 fully saturated rings. The molecule has 5 atom stereocenters. The highest BCUT2D eigenvalue weighted by Crippen LogP contribution is 2.45. The van der Waals surface area contributed by atoms with Crippen molar-refractivity contribution in [3.63, 3.8) is 0 Å². The summed E-state index contributed by atoms with van der Waals surface area (Å²) in [5.41, 5.74) is 3.41. The highest BCUT2D eigenvalue weighted by atomic mass is 35.5. The Balaban J connectivity index is 0.729. The minimum Gasteiger partial charge on any atom is -0.371 e. The smallest absolute Gasteiger partial charge is 0.262 e. The standard InChI is InChI=1S/C45H51ClN10O6/c1-25-20-38(58)50-40-39(25)41(49-24-48-40)54-18-19-55(36-22-35(36)54)43(60)33(26-2-4-27(46)5-3-26)23-47-28-10-14-52(15-11-28)29-12-16-53(17-13-29)30-6-7-31-32(21-30)45(62)56(44(31)61)34-8-9-37(57)51-42(34)59/h2-7,21,24-25,28-29,33-36,47H,8-20,22-23H2,1H3,(H,51,57,59)(H,48,49,50,58)/t25-,33-,34?,35+,36-/m1/s1. The van der Waals surface area contributed by atoms with E-state index < -0.39 is 29.7 Å². The summed E-state index contributed by atoms with van der Waals surface area (Å²) in [6, 6.07) is 13.0. The lowest BCUT2D eigenvalue weighted by Crippen LogP contribution is -2.54. The highest BCUT2D eigenvalue weighted by Gasteiger charge is 2.53. The molecule has 324 valence electrons. The monoisotopic (exact) mass is 862 g/mol. The van der Waals surface area contributed by atoms with Crippen LogP contribution in [0.15, 0.2) is 48.8 Å². The summed E-state index contributed by atoms with van der Waals surface area (Å²) < 4.78 is 0. The lowest BCUT2D eigenvalue weighted by atomic mass is 9.94. The van der Waals surface area contributed by atoms with Crippen LogP contribution in [0.4, 0.5) is 17.3 Å². The molecule has 16 nitrogen and oxygen atoms in total. The van der Waals surface area contributed by atoms with E-state index in [1.165, 1.54) is 6.33 Å². The zero-order chi connectivity index (χ0) is 42.8. The topological polar surface area (TPSA) is 180 Å². The van der Waals surface area contributed by atoms with Crippen LogP contribution >= 0.6 is 11.6 Å². The number of hydrogen-bond acceptors (Lipinski definition) is 12. The van der Waals surface area contributed by atoms with Crippen LogP contribution in [0.25, 0.3) is 0 Å². The van der Waals surface area contributed by atoms with Crippen LogP contribution in [-0.4, -0.2) is 136 Å². The van der Waals surface area contributed by atoms with Crippen molar-refractivity contribution in [2.24, 2.45) is 0 Å². The van der Waals surface area contributed by atoms with E-state index in [1.54, 1.807) is 12.1 Å². The van der Waals surface area contributed by atoms with Gasteiger partial charge in [-0.15, -0.1) is 0 Å². The number of amides is 6. The van der Waals surface area contributed by atoms with Crippen LogP contribution in [0.3, 0.4) is 0 Å². The molecule has 2 aromatic carbocycles. The van der Waals surface area contributed by atoms with Crippen molar-refractivity contribution in [3.05, 3.63) is 76.1 Å². The number of hydrogen-bond donors (Lipinski definition) is 3. The Morgan fingerprint density at radius 1 is 0.839 bits per heavy atom. The zero-order valence-electron chi connectivity index (χ0n) is 34.7. The molecule has 62 heavy (non-hydrogen) atoms. The Labute approximate surface area is 364 Å². The number of carbonyl (C=O) groups excluding carboxylic acids is 6. The largest absolute Gasteiger partial charge is 0.371 e. The van der Waals surface area contributed by atoms with E-state index in [0.717, 1.165) is 85.8 Å². The summed E-state index contributed by atoms with van der Waals surface area (Å²) in [5.74, 6) is -0.760. The van der Waals surface area contributed by atoms with Gasteiger partial charge in [0.1, 0.15) is 24.0 Å². The van der Waals surface area contributed by atoms with E-state index in [2.05, 4.69) is 45.5 Å². The minimum absolute atomic E-state index is 0.0150. The SMILES string of the molecule is C[C@@H]1CC(=O)Nc2ncnc(N3CCN(C(=O)[C@H](CNC4CCN(C5CCN(c6ccc7c(c6)C(=O)N(C6CCC(=O)NC6=O)C7=O)CC5)CC4)c4ccc(Cl)cc4)[C@@H]4C[C@@H]43)c21. The van der Waals surface area contributed by atoms with Gasteiger partial charge in [-0.3, -0.25) is 39.0 Å². The predicted octanol–water partition coefficient (Wildman–Crippen LogP) is 3.27. The van der Waals surface area contributed by atoms with Gasteiger partial charge in [0, 0.05) is 73.9 Å². The molecule has 7 aliphatic rings. The molecule has 6 amide bonds. The fraction of sp³-hybridized carbons (Fsp3) is 0.511. The second-order valence-corrected chi connectivity index (χ2v) is 18.4. The van der Waals surface area contributed by atoms with E-state index in [9.17, 15) is 28.8 Å². The number of nitrogens with zero attached hydrogens (tertiary/aromatic N) is 7. The third-order valence-corrected chi connectivity index (χ3v) is 14.5. The highest BCUT2D eigenvalue weighted by molar-refractivity contribution is 6.30. The van der Waals surface area contributed by atoms with Gasteiger partial charge < -0.3 is 30.2 Å². The number of halogens is 1. The number of benzene rings is 2. The first-order valence-corrected chi connectivity index (χ1v) is 22.5. The molecular formula is C45H51ClN10O6. The number of rotatable bonds is 9. The van der Waals surface area contributed by atoms with Crippen LogP contribution in [0.2, 0.25) is 5.02 Å². The molecule has 1 saturated carbocycles. The van der Waals surface area contributed by atoms with Crippen molar-refractivity contribution in [1.29, 1.82) is 0 Å². The molecule has 1 aromatic heterocycles. The van der Waals surface area contributed by atoms with Crippen molar-refractivity contribution in [2.45, 2.75) is 100 Å². The van der Waals surface area contributed by atoms with Gasteiger partial charge in [-0.25, -0.2) is 9.97 Å². The third kappa shape index (κ3) is 7.49. The molecular weight excluding hydrogens is 812 g/mol. The van der Waals surface area contributed by atoms with E-state index in [1.807, 2.05) is 37.3 Å². The summed E-state index contributed by atoms with van der Waals surface area (Å²) in [5, 5.41) is 9.60. The summed E-state index contributed by atoms with van der Waals surface area (Å²) in [4.78, 5) is 96.8. The van der Waals surface area contributed by atoms with Gasteiger partial charge in [0.2, 0.25) is 23.6 Å². The average molecular weight is 863 g/mol. The van der Waals surface area contributed by atoms with Crippen molar-refractivity contribution >= 4 is 64.4 Å². The van der Waals surface area contributed by atoms with Crippen molar-refractivity contribution < 1.29 is 28.8 Å². The zero-order valence-corrected chi connectivity index (χ0v) is 35.5. The Hall–Kier alpha value is -5.45. The van der Waals surface area contributed by atoms with Crippen LogP contribution in [-0.2, 0) is 19.2 Å². The summed E-state index contributed by atoms with van der Waals surface area (Å²) in [6.45, 7) is 7.41. The van der Waals surface area contributed by atoms with E-state index in [-0.39, 0.29) is 54.6 Å². The molecule has 1 aliphatic carbocycles. The number of piperazine rings is 1. The Morgan fingerprint density at radius 3 is 2.35 bits per heavy atom. The number of imide groups is 2. The minimum atomic E-state index is -0.982. The average Bonchev–Trinajstić information content (AvgIpc) is 4.04. The fourth-order valence-electron chi connectivity index (χ4n) is 10.8. The molecule has 6 aliphatic heterocycles. The normalized spacial score (nSPS) is 26.2. The lowest BCUT2D eigenvalue weighted by Gasteiger charge is -2.43. The molecule has 4 saturated heterocycles. The molecule has 3 N–H and O–H groups in total. The van der Waals surface area contributed by atoms with Gasteiger partial charge in [-0.05, 0) is 93.4 Å². The number of anilines is 3. The Morgan fingerprint density at radius 2 is 1.60 bits per heavy atom. The molecule has 0 radical (unpaired) electrons. The number of aromatic nitrogens is 2. The molecule has 10 rings (SSSR count). The molecule has 7 heterocycles. The van der Waals surface area contributed by atoms with Crippen LogP contribution in [0, 0.1) is 0 Å². The van der Waals surface area contributed by atoms with Crippen molar-refractivity contribution in [3.8, 4) is 0 Å². The first-order chi connectivity index (χ1) is 30.0. The molecule has 3 aromatic rings. The predicted molar refractivity (Wildman–Crippen MR) is 230 cm³/mol. The fourth-order valence-corrected chi connectivity index (χ4v) is 10.9. The maximum atomic E-state index is 14.5. The van der Waals surface area contributed by atoms with Crippen molar-refractivity contribution in [1.82, 2.24) is 35.3 Å². The lowest BCUT2D eigenvalue weighted by molar-refractivity contribution is -0.136. The van der Waals surface area contributed by atoms with Crippen LogP contribution in [0.5, 0.6) is 0 Å². The number of fused-ring (bicyclic) bond motifs is 3. The molecule has 1 unspecified atom stereocenters. The van der Waals surface area contributed by atoms with Gasteiger partial charge in [0.15, 0.2) is 0 Å².